The van der Waals surface area contributed by atoms with Crippen LogP contribution < -0.4 is 0 Å². The monoisotopic (exact) mass is 366 g/mol. The lowest BCUT2D eigenvalue weighted by atomic mass is 9.96. The Hall–Kier alpha value is -1.72. The fraction of sp³-hybridized carbons (Fsp3) is 0.478. The van der Waals surface area contributed by atoms with Gasteiger partial charge in [0.15, 0.2) is 0 Å². The van der Waals surface area contributed by atoms with E-state index in [0.717, 1.165) is 52.5 Å². The van der Waals surface area contributed by atoms with Crippen molar-refractivity contribution in [3.05, 3.63) is 60.2 Å². The molecule has 0 saturated carbocycles. The van der Waals surface area contributed by atoms with Crippen molar-refractivity contribution in [1.82, 2.24) is 9.80 Å². The van der Waals surface area contributed by atoms with Gasteiger partial charge in [0, 0.05) is 45.9 Å². The number of hydrogen-bond acceptors (Lipinski definition) is 4. The molecule has 0 aliphatic carbocycles. The number of ether oxygens (including phenoxy) is 1. The average molecular weight is 367 g/mol. The highest BCUT2D eigenvalue weighted by Gasteiger charge is 2.33. The quantitative estimate of drug-likeness (QED) is 0.853. The van der Waals surface area contributed by atoms with E-state index in [2.05, 4.69) is 64.4 Å². The molecule has 2 fully saturated rings. The minimum absolute atomic E-state index is 0.284. The molecule has 27 heavy (non-hydrogen) atoms. The summed E-state index contributed by atoms with van der Waals surface area (Å²) in [6.45, 7) is 8.06. The van der Waals surface area contributed by atoms with Crippen LogP contribution in [0.15, 0.2) is 54.6 Å². The number of aliphatic hydroxyl groups excluding tert-OH is 1. The predicted octanol–water partition coefficient (Wildman–Crippen LogP) is 2.73. The molecule has 2 atom stereocenters. The third-order valence-electron chi connectivity index (χ3n) is 5.98. The maximum Gasteiger partial charge on any atom is 0.0594 e. The first-order chi connectivity index (χ1) is 13.3. The third-order valence-corrected chi connectivity index (χ3v) is 5.98. The molecular weight excluding hydrogens is 336 g/mol. The molecule has 0 bridgehead atoms. The van der Waals surface area contributed by atoms with Crippen LogP contribution in [0, 0.1) is 11.8 Å². The number of rotatable bonds is 6. The highest BCUT2D eigenvalue weighted by molar-refractivity contribution is 5.67. The van der Waals surface area contributed by atoms with Gasteiger partial charge in [-0.05, 0) is 28.5 Å². The molecule has 2 aliphatic heterocycles. The molecule has 1 N–H and O–H groups in total. The van der Waals surface area contributed by atoms with E-state index < -0.39 is 0 Å². The zero-order chi connectivity index (χ0) is 18.5. The minimum Gasteiger partial charge on any atom is -0.396 e. The maximum absolute atomic E-state index is 9.91. The van der Waals surface area contributed by atoms with Gasteiger partial charge in [0.25, 0.3) is 0 Å². The molecule has 0 aromatic heterocycles. The van der Waals surface area contributed by atoms with Gasteiger partial charge in [0.1, 0.15) is 0 Å². The molecule has 0 unspecified atom stereocenters. The summed E-state index contributed by atoms with van der Waals surface area (Å²) in [7, 11) is 0. The van der Waals surface area contributed by atoms with Crippen molar-refractivity contribution in [3.8, 4) is 11.1 Å². The maximum atomic E-state index is 9.91. The second-order valence-corrected chi connectivity index (χ2v) is 7.83. The molecule has 4 heteroatoms. The van der Waals surface area contributed by atoms with Crippen LogP contribution in [0.1, 0.15) is 5.56 Å². The molecular formula is C23H30N2O2. The Balaban J connectivity index is 1.44. The largest absolute Gasteiger partial charge is 0.396 e. The Kier molecular flexibility index (Phi) is 6.20. The van der Waals surface area contributed by atoms with Crippen LogP contribution in [0.2, 0.25) is 0 Å². The lowest BCUT2D eigenvalue weighted by Gasteiger charge is -2.30. The molecule has 0 amide bonds. The Labute approximate surface area is 162 Å². The summed E-state index contributed by atoms with van der Waals surface area (Å²) < 4.78 is 5.47. The smallest absolute Gasteiger partial charge is 0.0594 e. The summed E-state index contributed by atoms with van der Waals surface area (Å²) in [6.07, 6.45) is 0. The van der Waals surface area contributed by atoms with Gasteiger partial charge in [0.2, 0.25) is 0 Å². The van der Waals surface area contributed by atoms with Crippen LogP contribution in [0.5, 0.6) is 0 Å². The summed E-state index contributed by atoms with van der Waals surface area (Å²) in [5.41, 5.74) is 3.96. The van der Waals surface area contributed by atoms with Crippen LogP contribution in [-0.2, 0) is 11.3 Å². The molecule has 144 valence electrons. The van der Waals surface area contributed by atoms with E-state index in [0.29, 0.717) is 11.8 Å². The number of nitrogens with zero attached hydrogens (tertiary/aromatic N) is 2. The van der Waals surface area contributed by atoms with Gasteiger partial charge < -0.3 is 9.84 Å². The second-order valence-electron chi connectivity index (χ2n) is 7.83. The summed E-state index contributed by atoms with van der Waals surface area (Å²) in [5.74, 6) is 0.911. The molecule has 2 saturated heterocycles. The first-order valence-electron chi connectivity index (χ1n) is 10.1. The van der Waals surface area contributed by atoms with Gasteiger partial charge in [-0.2, -0.15) is 0 Å². The number of hydrogen-bond donors (Lipinski definition) is 1. The van der Waals surface area contributed by atoms with Crippen molar-refractivity contribution < 1.29 is 9.84 Å². The topological polar surface area (TPSA) is 35.9 Å². The highest BCUT2D eigenvalue weighted by Crippen LogP contribution is 2.29. The molecule has 2 aromatic rings. The molecule has 2 heterocycles. The van der Waals surface area contributed by atoms with Crippen LogP contribution in [-0.4, -0.2) is 67.5 Å². The average Bonchev–Trinajstić information content (AvgIpc) is 3.11. The molecule has 0 spiro atoms. The van der Waals surface area contributed by atoms with Crippen molar-refractivity contribution in [2.45, 2.75) is 6.54 Å². The van der Waals surface area contributed by atoms with E-state index in [1.807, 2.05) is 0 Å². The lowest BCUT2D eigenvalue weighted by Crippen LogP contribution is -2.41. The summed E-state index contributed by atoms with van der Waals surface area (Å²) in [5, 5.41) is 9.91. The van der Waals surface area contributed by atoms with Gasteiger partial charge in [-0.1, -0.05) is 54.6 Å². The highest BCUT2D eigenvalue weighted by atomic mass is 16.5. The van der Waals surface area contributed by atoms with E-state index >= 15 is 0 Å². The molecule has 4 rings (SSSR count). The van der Waals surface area contributed by atoms with Crippen molar-refractivity contribution in [3.63, 3.8) is 0 Å². The SMILES string of the molecule is OC[C@@H]1CN(Cc2ccccc2-c2ccccc2)C[C@@H]1CN1CCOCC1. The number of morpholine rings is 1. The Morgan fingerprint density at radius 1 is 0.852 bits per heavy atom. The van der Waals surface area contributed by atoms with E-state index in [4.69, 9.17) is 4.74 Å². The zero-order valence-corrected chi connectivity index (χ0v) is 16.0. The van der Waals surface area contributed by atoms with Crippen LogP contribution in [0.3, 0.4) is 0 Å². The van der Waals surface area contributed by atoms with Crippen LogP contribution in [0.25, 0.3) is 11.1 Å². The van der Waals surface area contributed by atoms with E-state index in [1.54, 1.807) is 0 Å². The molecule has 4 nitrogen and oxygen atoms in total. The molecule has 2 aromatic carbocycles. The first-order valence-corrected chi connectivity index (χ1v) is 10.1. The Morgan fingerprint density at radius 2 is 1.56 bits per heavy atom. The minimum atomic E-state index is 0.284. The standard InChI is InChI=1S/C23H30N2O2/c26-18-22-17-25(16-21(22)15-24-10-12-27-13-11-24)14-20-8-4-5-9-23(20)19-6-2-1-3-7-19/h1-9,21-22,26H,10-18H2/t21-,22-/m0/s1. The predicted molar refractivity (Wildman–Crippen MR) is 108 cm³/mol. The molecule has 2 aliphatic rings. The van der Waals surface area contributed by atoms with Gasteiger partial charge in [-0.15, -0.1) is 0 Å². The van der Waals surface area contributed by atoms with Crippen LogP contribution >= 0.6 is 0 Å². The van der Waals surface area contributed by atoms with Gasteiger partial charge >= 0.3 is 0 Å². The third kappa shape index (κ3) is 4.58. The van der Waals surface area contributed by atoms with Crippen molar-refractivity contribution in [2.24, 2.45) is 11.8 Å². The van der Waals surface area contributed by atoms with Crippen molar-refractivity contribution in [2.75, 3.05) is 52.5 Å². The number of likely N-dealkylation sites (tertiary alicyclic amines) is 1. The Morgan fingerprint density at radius 3 is 2.33 bits per heavy atom. The Bertz CT molecular complexity index is 715. The first kappa shape index (κ1) is 18.6. The van der Waals surface area contributed by atoms with Gasteiger partial charge in [-0.3, -0.25) is 9.80 Å². The summed E-state index contributed by atoms with van der Waals surface area (Å²) in [4.78, 5) is 5.02. The van der Waals surface area contributed by atoms with Crippen molar-refractivity contribution in [1.29, 1.82) is 0 Å². The summed E-state index contributed by atoms with van der Waals surface area (Å²) >= 11 is 0. The normalized spacial score (nSPS) is 24.3. The second kappa shape index (κ2) is 8.98. The lowest BCUT2D eigenvalue weighted by molar-refractivity contribution is 0.0264. The van der Waals surface area contributed by atoms with E-state index in [9.17, 15) is 5.11 Å². The van der Waals surface area contributed by atoms with Gasteiger partial charge in [-0.25, -0.2) is 0 Å². The fourth-order valence-electron chi connectivity index (χ4n) is 4.49. The van der Waals surface area contributed by atoms with Crippen LogP contribution in [0.4, 0.5) is 0 Å². The van der Waals surface area contributed by atoms with Crippen molar-refractivity contribution >= 4 is 0 Å². The zero-order valence-electron chi connectivity index (χ0n) is 16.0. The fourth-order valence-corrected chi connectivity index (χ4v) is 4.49. The number of benzene rings is 2. The van der Waals surface area contributed by atoms with E-state index in [1.165, 1.54) is 16.7 Å². The van der Waals surface area contributed by atoms with Gasteiger partial charge in [0.05, 0.1) is 13.2 Å². The number of aliphatic hydroxyl groups is 1. The summed E-state index contributed by atoms with van der Waals surface area (Å²) in [6, 6.07) is 19.3. The van der Waals surface area contributed by atoms with E-state index in [-0.39, 0.29) is 6.61 Å². The molecule has 0 radical (unpaired) electrons.